The molecule has 0 spiro atoms. The van der Waals surface area contributed by atoms with Crippen molar-refractivity contribution in [1.29, 1.82) is 0 Å². The predicted octanol–water partition coefficient (Wildman–Crippen LogP) is 3.81. The first kappa shape index (κ1) is 19.3. The highest BCUT2D eigenvalue weighted by Crippen LogP contribution is 2.44. The number of morpholine rings is 1. The Bertz CT molecular complexity index is 1110. The molecule has 1 aromatic heterocycles. The first-order valence-electron chi connectivity index (χ1n) is 9.78. The van der Waals surface area contributed by atoms with Crippen molar-refractivity contribution in [2.45, 2.75) is 17.2 Å². The van der Waals surface area contributed by atoms with E-state index in [9.17, 15) is 14.3 Å². The number of rotatable bonds is 4. The molecule has 0 aliphatic carbocycles. The first-order chi connectivity index (χ1) is 14.6. The van der Waals surface area contributed by atoms with Crippen LogP contribution >= 0.6 is 11.8 Å². The Kier molecular flexibility index (Phi) is 5.06. The summed E-state index contributed by atoms with van der Waals surface area (Å²) in [4.78, 5) is 14.7. The van der Waals surface area contributed by atoms with E-state index in [2.05, 4.69) is 10.00 Å². The minimum atomic E-state index is -1.07. The molecule has 3 heterocycles. The van der Waals surface area contributed by atoms with Gasteiger partial charge in [0.15, 0.2) is 5.69 Å². The van der Waals surface area contributed by atoms with E-state index in [1.807, 2.05) is 30.3 Å². The Hall–Kier alpha value is -2.68. The van der Waals surface area contributed by atoms with Gasteiger partial charge in [-0.1, -0.05) is 24.3 Å². The van der Waals surface area contributed by atoms with Gasteiger partial charge in [-0.2, -0.15) is 5.10 Å². The van der Waals surface area contributed by atoms with Gasteiger partial charge in [0, 0.05) is 36.5 Å². The summed E-state index contributed by atoms with van der Waals surface area (Å²) in [7, 11) is 0. The van der Waals surface area contributed by atoms with Gasteiger partial charge in [0.05, 0.1) is 29.5 Å². The fourth-order valence-corrected chi connectivity index (χ4v) is 5.06. The highest BCUT2D eigenvalue weighted by atomic mass is 32.2. The number of ether oxygens (including phenoxy) is 1. The molecule has 2 aliphatic rings. The van der Waals surface area contributed by atoms with Gasteiger partial charge in [0.2, 0.25) is 0 Å². The number of hydrogen-bond acceptors (Lipinski definition) is 5. The van der Waals surface area contributed by atoms with Crippen LogP contribution < -0.4 is 0 Å². The van der Waals surface area contributed by atoms with Crippen LogP contribution in [0.25, 0.3) is 16.9 Å². The highest BCUT2D eigenvalue weighted by molar-refractivity contribution is 7.98. The van der Waals surface area contributed by atoms with Gasteiger partial charge in [0.1, 0.15) is 5.82 Å². The SMILES string of the molecule is O=C(O)c1nn(-c2ccc(CN3CCOCC3)cc2)c2c1CSc1c(F)cccc1-2. The van der Waals surface area contributed by atoms with Gasteiger partial charge in [-0.3, -0.25) is 4.90 Å². The molecule has 5 rings (SSSR count). The standard InChI is InChI=1S/C22H20FN3O3S/c23-18-3-1-2-16-20-17(13-30-21(16)18)19(22(27)28)24-26(20)15-6-4-14(5-7-15)12-25-8-10-29-11-9-25/h1-7H,8-13H2,(H,27,28). The minimum absolute atomic E-state index is 0.0183. The Labute approximate surface area is 177 Å². The second kappa shape index (κ2) is 7.86. The molecule has 0 amide bonds. The van der Waals surface area contributed by atoms with Crippen LogP contribution in [0, 0.1) is 5.82 Å². The van der Waals surface area contributed by atoms with E-state index < -0.39 is 5.97 Å². The number of carboxylic acid groups (broad SMARTS) is 1. The number of hydrogen-bond donors (Lipinski definition) is 1. The summed E-state index contributed by atoms with van der Waals surface area (Å²) in [6.07, 6.45) is 0. The van der Waals surface area contributed by atoms with Crippen LogP contribution in [0.15, 0.2) is 47.4 Å². The Balaban J connectivity index is 1.54. The van der Waals surface area contributed by atoms with E-state index >= 15 is 0 Å². The average Bonchev–Trinajstić information content (AvgIpc) is 3.16. The van der Waals surface area contributed by atoms with Gasteiger partial charge < -0.3 is 9.84 Å². The Morgan fingerprint density at radius 1 is 1.17 bits per heavy atom. The third-order valence-electron chi connectivity index (χ3n) is 5.46. The fourth-order valence-electron chi connectivity index (χ4n) is 3.97. The maximum absolute atomic E-state index is 14.4. The number of benzene rings is 2. The molecule has 0 bridgehead atoms. The lowest BCUT2D eigenvalue weighted by atomic mass is 10.1. The topological polar surface area (TPSA) is 67.6 Å². The minimum Gasteiger partial charge on any atom is -0.476 e. The predicted molar refractivity (Wildman–Crippen MR) is 112 cm³/mol. The van der Waals surface area contributed by atoms with Crippen molar-refractivity contribution in [3.63, 3.8) is 0 Å². The van der Waals surface area contributed by atoms with E-state index in [1.165, 1.54) is 23.4 Å². The average molecular weight is 425 g/mol. The normalized spacial score (nSPS) is 16.2. The van der Waals surface area contributed by atoms with Gasteiger partial charge >= 0.3 is 5.97 Å². The summed E-state index contributed by atoms with van der Waals surface area (Å²) in [5.74, 6) is -0.997. The quantitative estimate of drug-likeness (QED) is 0.686. The zero-order valence-corrected chi connectivity index (χ0v) is 17.0. The van der Waals surface area contributed by atoms with E-state index in [0.29, 0.717) is 27.5 Å². The van der Waals surface area contributed by atoms with Crippen LogP contribution in [0.3, 0.4) is 0 Å². The van der Waals surface area contributed by atoms with Crippen molar-refractivity contribution in [3.8, 4) is 16.9 Å². The van der Waals surface area contributed by atoms with Crippen LogP contribution in [0.5, 0.6) is 0 Å². The van der Waals surface area contributed by atoms with Gasteiger partial charge in [0.25, 0.3) is 0 Å². The van der Waals surface area contributed by atoms with Crippen LogP contribution in [0.1, 0.15) is 21.6 Å². The number of halogens is 1. The summed E-state index contributed by atoms with van der Waals surface area (Å²) in [6.45, 7) is 4.17. The zero-order chi connectivity index (χ0) is 20.7. The molecule has 8 heteroatoms. The smallest absolute Gasteiger partial charge is 0.356 e. The van der Waals surface area contributed by atoms with Crippen LogP contribution in [0.2, 0.25) is 0 Å². The van der Waals surface area contributed by atoms with E-state index in [4.69, 9.17) is 4.74 Å². The molecule has 0 radical (unpaired) electrons. The third-order valence-corrected chi connectivity index (χ3v) is 6.60. The molecule has 0 atom stereocenters. The van der Waals surface area contributed by atoms with Crippen molar-refractivity contribution >= 4 is 17.7 Å². The molecule has 30 heavy (non-hydrogen) atoms. The number of aromatic carboxylic acids is 1. The first-order valence-corrected chi connectivity index (χ1v) is 10.8. The number of aromatic nitrogens is 2. The molecular weight excluding hydrogens is 405 g/mol. The van der Waals surface area contributed by atoms with Crippen LogP contribution in [-0.2, 0) is 17.0 Å². The zero-order valence-electron chi connectivity index (χ0n) is 16.2. The largest absolute Gasteiger partial charge is 0.476 e. The second-order valence-corrected chi connectivity index (χ2v) is 8.34. The molecule has 6 nitrogen and oxygen atoms in total. The van der Waals surface area contributed by atoms with E-state index in [0.717, 1.165) is 38.5 Å². The van der Waals surface area contributed by atoms with Gasteiger partial charge in [-0.05, 0) is 23.8 Å². The lowest BCUT2D eigenvalue weighted by Gasteiger charge is -2.26. The number of fused-ring (bicyclic) bond motifs is 3. The number of carbonyl (C=O) groups is 1. The van der Waals surface area contributed by atoms with Crippen molar-refractivity contribution in [1.82, 2.24) is 14.7 Å². The van der Waals surface area contributed by atoms with E-state index in [-0.39, 0.29) is 11.5 Å². The third kappa shape index (κ3) is 3.40. The van der Waals surface area contributed by atoms with Crippen molar-refractivity contribution < 1.29 is 19.0 Å². The summed E-state index contributed by atoms with van der Waals surface area (Å²) in [5, 5.41) is 14.0. The lowest BCUT2D eigenvalue weighted by molar-refractivity contribution is 0.0342. The monoisotopic (exact) mass is 425 g/mol. The molecule has 2 aliphatic heterocycles. The molecule has 1 saturated heterocycles. The highest BCUT2D eigenvalue weighted by Gasteiger charge is 2.30. The lowest BCUT2D eigenvalue weighted by Crippen LogP contribution is -2.35. The summed E-state index contributed by atoms with van der Waals surface area (Å²) in [5.41, 5.74) is 3.90. The summed E-state index contributed by atoms with van der Waals surface area (Å²) in [6, 6.07) is 12.8. The summed E-state index contributed by atoms with van der Waals surface area (Å²) < 4.78 is 21.4. The fraction of sp³-hybridized carbons (Fsp3) is 0.273. The van der Waals surface area contributed by atoms with Crippen LogP contribution in [-0.4, -0.2) is 52.1 Å². The molecular formula is C22H20FN3O3S. The van der Waals surface area contributed by atoms with Crippen molar-refractivity contribution in [2.75, 3.05) is 26.3 Å². The molecule has 3 aromatic rings. The molecule has 0 unspecified atom stereocenters. The molecule has 154 valence electrons. The number of thioether (sulfide) groups is 1. The Morgan fingerprint density at radius 3 is 2.67 bits per heavy atom. The summed E-state index contributed by atoms with van der Waals surface area (Å²) >= 11 is 1.31. The number of carboxylic acids is 1. The molecule has 2 aromatic carbocycles. The van der Waals surface area contributed by atoms with Crippen molar-refractivity contribution in [3.05, 3.63) is 65.1 Å². The van der Waals surface area contributed by atoms with Crippen LogP contribution in [0.4, 0.5) is 4.39 Å². The van der Waals surface area contributed by atoms with E-state index in [1.54, 1.807) is 10.7 Å². The number of nitrogens with zero attached hydrogens (tertiary/aromatic N) is 3. The molecule has 0 saturated carbocycles. The van der Waals surface area contributed by atoms with Crippen molar-refractivity contribution in [2.24, 2.45) is 0 Å². The molecule has 1 fully saturated rings. The maximum atomic E-state index is 14.4. The molecule has 1 N–H and O–H groups in total. The van der Waals surface area contributed by atoms with Gasteiger partial charge in [-0.25, -0.2) is 13.9 Å². The Morgan fingerprint density at radius 2 is 1.93 bits per heavy atom. The van der Waals surface area contributed by atoms with Gasteiger partial charge in [-0.15, -0.1) is 11.8 Å². The second-order valence-electron chi connectivity index (χ2n) is 7.35. The maximum Gasteiger partial charge on any atom is 0.356 e.